The second-order valence-electron chi connectivity index (χ2n) is 12.6. The minimum absolute atomic E-state index is 0.0908. The molecule has 0 unspecified atom stereocenters. The van der Waals surface area contributed by atoms with Crippen LogP contribution in [-0.4, -0.2) is 33.6 Å². The Hall–Kier alpha value is -2.82. The van der Waals surface area contributed by atoms with E-state index >= 15 is 0 Å². The Bertz CT molecular complexity index is 1220. The fourth-order valence-electron chi connectivity index (χ4n) is 7.88. The number of benzene rings is 3. The molecule has 2 aliphatic carbocycles. The lowest BCUT2D eigenvalue weighted by molar-refractivity contribution is -0.141. The van der Waals surface area contributed by atoms with Gasteiger partial charge in [0.15, 0.2) is 6.29 Å². The standard InChI is InChI=1S/C37H47NO3/c1-39-37(40-2)30-20-22-38(23-21-30)33-16-14-29(15-17-33)36-32(24-27-8-6-7-9-27)13-12-31-25-34(18-19-35(31)36)41-26-28-10-4-3-5-11-28/h3-5,10-11,14-19,25,27,30,32,36-37H,6-9,12-13,20-24,26H2,1-2H3/t32-,36+/m1/s1. The fourth-order valence-corrected chi connectivity index (χ4v) is 7.88. The first-order valence-electron chi connectivity index (χ1n) is 15.9. The first-order chi connectivity index (χ1) is 20.2. The molecule has 0 N–H and O–H groups in total. The normalized spacial score (nSPS) is 21.8. The van der Waals surface area contributed by atoms with Gasteiger partial charge >= 0.3 is 0 Å². The lowest BCUT2D eigenvalue weighted by Crippen LogP contribution is -2.39. The number of hydrogen-bond donors (Lipinski definition) is 0. The molecule has 3 aromatic carbocycles. The van der Waals surface area contributed by atoms with E-state index in [0.717, 1.165) is 44.0 Å². The molecule has 4 heteroatoms. The van der Waals surface area contributed by atoms with Crippen LogP contribution >= 0.6 is 0 Å². The Morgan fingerprint density at radius 2 is 1.54 bits per heavy atom. The molecule has 0 bridgehead atoms. The zero-order valence-electron chi connectivity index (χ0n) is 25.0. The molecule has 1 aliphatic heterocycles. The van der Waals surface area contributed by atoms with E-state index in [1.807, 2.05) is 0 Å². The molecule has 3 aliphatic rings. The Kier molecular flexibility index (Phi) is 9.28. The van der Waals surface area contributed by atoms with Crippen molar-refractivity contribution in [1.82, 2.24) is 0 Å². The van der Waals surface area contributed by atoms with Crippen LogP contribution in [0.2, 0.25) is 0 Å². The summed E-state index contributed by atoms with van der Waals surface area (Å²) in [6.45, 7) is 2.72. The van der Waals surface area contributed by atoms with Crippen molar-refractivity contribution in [1.29, 1.82) is 0 Å². The second kappa shape index (κ2) is 13.4. The maximum absolute atomic E-state index is 6.23. The molecule has 0 spiro atoms. The van der Waals surface area contributed by atoms with Crippen LogP contribution in [-0.2, 0) is 22.5 Å². The summed E-state index contributed by atoms with van der Waals surface area (Å²) in [4.78, 5) is 2.53. The smallest absolute Gasteiger partial charge is 0.159 e. The van der Waals surface area contributed by atoms with Gasteiger partial charge in [0.2, 0.25) is 0 Å². The van der Waals surface area contributed by atoms with Crippen molar-refractivity contribution in [2.75, 3.05) is 32.2 Å². The van der Waals surface area contributed by atoms with Crippen LogP contribution in [0.5, 0.6) is 5.75 Å². The Morgan fingerprint density at radius 1 is 0.805 bits per heavy atom. The van der Waals surface area contributed by atoms with E-state index < -0.39 is 0 Å². The largest absolute Gasteiger partial charge is 0.489 e. The Balaban J connectivity index is 1.19. The van der Waals surface area contributed by atoms with Crippen molar-refractivity contribution in [2.45, 2.75) is 76.6 Å². The maximum atomic E-state index is 6.23. The summed E-state index contributed by atoms with van der Waals surface area (Å²) >= 11 is 0. The van der Waals surface area contributed by atoms with Crippen LogP contribution in [0.4, 0.5) is 5.69 Å². The molecular weight excluding hydrogens is 506 g/mol. The number of rotatable bonds is 10. The van der Waals surface area contributed by atoms with Crippen molar-refractivity contribution in [2.24, 2.45) is 17.8 Å². The van der Waals surface area contributed by atoms with Crippen molar-refractivity contribution in [3.05, 3.63) is 95.1 Å². The van der Waals surface area contributed by atoms with E-state index in [1.54, 1.807) is 14.2 Å². The highest BCUT2D eigenvalue weighted by Crippen LogP contribution is 2.46. The first kappa shape index (κ1) is 28.3. The SMILES string of the molecule is COC(OC)C1CCN(c2ccc([C@@H]3c4ccc(OCc5ccccc5)cc4CC[C@@H]3CC3CCCC3)cc2)CC1. The van der Waals surface area contributed by atoms with Gasteiger partial charge in [-0.25, -0.2) is 0 Å². The van der Waals surface area contributed by atoms with Crippen LogP contribution < -0.4 is 9.64 Å². The van der Waals surface area contributed by atoms with Crippen LogP contribution in [0.25, 0.3) is 0 Å². The summed E-state index contributed by atoms with van der Waals surface area (Å²) < 4.78 is 17.3. The summed E-state index contributed by atoms with van der Waals surface area (Å²) in [5.74, 6) is 3.54. The third-order valence-electron chi connectivity index (χ3n) is 10.1. The zero-order chi connectivity index (χ0) is 28.0. The number of anilines is 1. The predicted octanol–water partition coefficient (Wildman–Crippen LogP) is 8.38. The average molecular weight is 554 g/mol. The van der Waals surface area contributed by atoms with Crippen LogP contribution in [0.3, 0.4) is 0 Å². The molecule has 4 nitrogen and oxygen atoms in total. The molecule has 3 aromatic rings. The molecule has 6 rings (SSSR count). The van der Waals surface area contributed by atoms with Gasteiger partial charge in [0.1, 0.15) is 12.4 Å². The van der Waals surface area contributed by atoms with Crippen LogP contribution in [0.15, 0.2) is 72.8 Å². The van der Waals surface area contributed by atoms with Crippen LogP contribution in [0.1, 0.15) is 79.5 Å². The number of hydrogen-bond acceptors (Lipinski definition) is 4. The number of aryl methyl sites for hydroxylation is 1. The van der Waals surface area contributed by atoms with Crippen molar-refractivity contribution in [3.63, 3.8) is 0 Å². The quantitative estimate of drug-likeness (QED) is 0.236. The highest BCUT2D eigenvalue weighted by atomic mass is 16.7. The van der Waals surface area contributed by atoms with E-state index in [0.29, 0.717) is 24.4 Å². The number of nitrogens with zero attached hydrogens (tertiary/aromatic N) is 1. The molecule has 0 aromatic heterocycles. The van der Waals surface area contributed by atoms with E-state index in [2.05, 4.69) is 77.7 Å². The molecule has 1 saturated carbocycles. The van der Waals surface area contributed by atoms with Gasteiger partial charge in [-0.1, -0.05) is 74.2 Å². The van der Waals surface area contributed by atoms with Gasteiger partial charge in [0.25, 0.3) is 0 Å². The molecule has 0 radical (unpaired) electrons. The molecule has 41 heavy (non-hydrogen) atoms. The number of piperidine rings is 1. The Labute approximate surface area is 247 Å². The van der Waals surface area contributed by atoms with Gasteiger partial charge in [-0.2, -0.15) is 0 Å². The molecule has 218 valence electrons. The second-order valence-corrected chi connectivity index (χ2v) is 12.6. The van der Waals surface area contributed by atoms with Gasteiger partial charge in [-0.05, 0) is 90.5 Å². The summed E-state index contributed by atoms with van der Waals surface area (Å²) in [5.41, 5.74) is 7.02. The topological polar surface area (TPSA) is 30.9 Å². The van der Waals surface area contributed by atoms with Gasteiger partial charge in [-0.3, -0.25) is 0 Å². The number of methoxy groups -OCH3 is 2. The van der Waals surface area contributed by atoms with Gasteiger partial charge in [0, 0.05) is 44.8 Å². The van der Waals surface area contributed by atoms with Crippen LogP contribution in [0, 0.1) is 17.8 Å². The number of ether oxygens (including phenoxy) is 3. The molecule has 2 atom stereocenters. The number of fused-ring (bicyclic) bond motifs is 1. The highest BCUT2D eigenvalue weighted by molar-refractivity contribution is 5.51. The van der Waals surface area contributed by atoms with E-state index in [4.69, 9.17) is 14.2 Å². The summed E-state index contributed by atoms with van der Waals surface area (Å²) in [5, 5.41) is 0. The lowest BCUT2D eigenvalue weighted by atomic mass is 9.69. The summed E-state index contributed by atoms with van der Waals surface area (Å²) in [6.07, 6.45) is 11.6. The van der Waals surface area contributed by atoms with Gasteiger partial charge in [-0.15, -0.1) is 0 Å². The van der Waals surface area contributed by atoms with E-state index in [-0.39, 0.29) is 6.29 Å². The monoisotopic (exact) mass is 553 g/mol. The molecule has 2 fully saturated rings. The summed E-state index contributed by atoms with van der Waals surface area (Å²) in [6, 6.07) is 27.0. The fraction of sp³-hybridized carbons (Fsp3) is 0.514. The molecule has 1 heterocycles. The molecule has 1 saturated heterocycles. The van der Waals surface area contributed by atoms with Crippen molar-refractivity contribution in [3.8, 4) is 5.75 Å². The van der Waals surface area contributed by atoms with E-state index in [1.165, 1.54) is 66.5 Å². The molecular formula is C37H47NO3. The van der Waals surface area contributed by atoms with Gasteiger partial charge in [0.05, 0.1) is 0 Å². The third kappa shape index (κ3) is 6.65. The third-order valence-corrected chi connectivity index (χ3v) is 10.1. The van der Waals surface area contributed by atoms with Gasteiger partial charge < -0.3 is 19.1 Å². The maximum Gasteiger partial charge on any atom is 0.159 e. The highest BCUT2D eigenvalue weighted by Gasteiger charge is 2.34. The minimum atomic E-state index is -0.0908. The first-order valence-corrected chi connectivity index (χ1v) is 15.9. The van der Waals surface area contributed by atoms with E-state index in [9.17, 15) is 0 Å². The Morgan fingerprint density at radius 3 is 2.24 bits per heavy atom. The molecule has 0 amide bonds. The average Bonchev–Trinajstić information content (AvgIpc) is 3.55. The lowest BCUT2D eigenvalue weighted by Gasteiger charge is -2.37. The van der Waals surface area contributed by atoms with Crippen molar-refractivity contribution < 1.29 is 14.2 Å². The minimum Gasteiger partial charge on any atom is -0.489 e. The predicted molar refractivity (Wildman–Crippen MR) is 167 cm³/mol. The van der Waals surface area contributed by atoms with Crippen molar-refractivity contribution >= 4 is 5.69 Å². The zero-order valence-corrected chi connectivity index (χ0v) is 25.0. The summed E-state index contributed by atoms with van der Waals surface area (Å²) in [7, 11) is 3.50.